The van der Waals surface area contributed by atoms with Crippen LogP contribution in [0.25, 0.3) is 0 Å². The Morgan fingerprint density at radius 2 is 1.90 bits per heavy atom. The van der Waals surface area contributed by atoms with Crippen LogP contribution in [-0.2, 0) is 4.79 Å². The predicted molar refractivity (Wildman–Crippen MR) is 83.6 cm³/mol. The largest absolute Gasteiger partial charge is 0.484 e. The van der Waals surface area contributed by atoms with Gasteiger partial charge >= 0.3 is 0 Å². The van der Waals surface area contributed by atoms with Crippen molar-refractivity contribution in [3.63, 3.8) is 0 Å². The number of hydrazine groups is 1. The summed E-state index contributed by atoms with van der Waals surface area (Å²) >= 11 is 4.91. The second-order valence-electron chi connectivity index (χ2n) is 4.55. The summed E-state index contributed by atoms with van der Waals surface area (Å²) in [7, 11) is 0. The van der Waals surface area contributed by atoms with Crippen molar-refractivity contribution in [1.29, 1.82) is 0 Å². The smallest absolute Gasteiger partial charge is 0.276 e. The van der Waals surface area contributed by atoms with Gasteiger partial charge < -0.3 is 10.1 Å². The van der Waals surface area contributed by atoms with Crippen LogP contribution in [0.5, 0.6) is 5.75 Å². The maximum atomic E-state index is 11.5. The zero-order valence-electron chi connectivity index (χ0n) is 12.0. The molecule has 0 aliphatic carbocycles. The van der Waals surface area contributed by atoms with Gasteiger partial charge in [-0.3, -0.25) is 15.6 Å². The summed E-state index contributed by atoms with van der Waals surface area (Å²) in [6, 6.07) is 7.71. The quantitative estimate of drug-likeness (QED) is 0.570. The van der Waals surface area contributed by atoms with Crippen molar-refractivity contribution in [2.24, 2.45) is 0 Å². The van der Waals surface area contributed by atoms with Gasteiger partial charge in [-0.2, -0.15) is 0 Å². The Morgan fingerprint density at radius 3 is 2.45 bits per heavy atom. The van der Waals surface area contributed by atoms with E-state index in [2.05, 4.69) is 30.0 Å². The number of carbonyl (C=O) groups excluding carboxylic acids is 1. The van der Waals surface area contributed by atoms with Crippen LogP contribution < -0.4 is 20.9 Å². The maximum absolute atomic E-state index is 11.5. The summed E-state index contributed by atoms with van der Waals surface area (Å²) in [5.74, 6) is 0.848. The minimum Gasteiger partial charge on any atom is -0.484 e. The first-order chi connectivity index (χ1) is 9.52. The minimum absolute atomic E-state index is 0.0667. The molecule has 1 rings (SSSR count). The first kappa shape index (κ1) is 16.2. The number of thiocarbonyl (C=S) groups is 1. The molecule has 1 amide bonds. The van der Waals surface area contributed by atoms with E-state index >= 15 is 0 Å². The van der Waals surface area contributed by atoms with Crippen LogP contribution in [0.4, 0.5) is 0 Å². The van der Waals surface area contributed by atoms with E-state index in [-0.39, 0.29) is 12.5 Å². The Kier molecular flexibility index (Phi) is 6.79. The molecule has 0 spiro atoms. The van der Waals surface area contributed by atoms with Crippen LogP contribution in [-0.4, -0.2) is 24.2 Å². The van der Waals surface area contributed by atoms with Crippen LogP contribution >= 0.6 is 12.2 Å². The van der Waals surface area contributed by atoms with Gasteiger partial charge in [-0.05, 0) is 42.8 Å². The van der Waals surface area contributed by atoms with Crippen molar-refractivity contribution < 1.29 is 9.53 Å². The van der Waals surface area contributed by atoms with Gasteiger partial charge in [0.05, 0.1) is 0 Å². The standard InChI is InChI=1S/C14H21N3O2S/c1-4-15-14(20)17-16-13(18)9-19-12-7-5-11(6-8-12)10(2)3/h5-8,10H,4,9H2,1-3H3,(H,16,18)(H2,15,17,20). The molecular weight excluding hydrogens is 274 g/mol. The molecule has 0 saturated heterocycles. The van der Waals surface area contributed by atoms with Gasteiger partial charge in [-0.15, -0.1) is 0 Å². The van der Waals surface area contributed by atoms with Crippen LogP contribution in [0.3, 0.4) is 0 Å². The zero-order valence-corrected chi connectivity index (χ0v) is 12.8. The Hall–Kier alpha value is -1.82. The predicted octanol–water partition coefficient (Wildman–Crippen LogP) is 1.70. The van der Waals surface area contributed by atoms with Gasteiger partial charge in [0, 0.05) is 6.54 Å². The second-order valence-corrected chi connectivity index (χ2v) is 4.95. The summed E-state index contributed by atoms with van der Waals surface area (Å²) < 4.78 is 5.38. The third kappa shape index (κ3) is 5.88. The first-order valence-electron chi connectivity index (χ1n) is 6.58. The number of hydrogen-bond donors (Lipinski definition) is 3. The lowest BCUT2D eigenvalue weighted by Crippen LogP contribution is -2.48. The third-order valence-corrected chi connectivity index (χ3v) is 2.82. The molecule has 20 heavy (non-hydrogen) atoms. The number of nitrogens with one attached hydrogen (secondary N) is 3. The van der Waals surface area contributed by atoms with E-state index in [1.807, 2.05) is 31.2 Å². The molecule has 0 aromatic heterocycles. The van der Waals surface area contributed by atoms with Gasteiger partial charge in [-0.1, -0.05) is 26.0 Å². The van der Waals surface area contributed by atoms with E-state index < -0.39 is 0 Å². The Balaban J connectivity index is 2.32. The number of amides is 1. The normalized spacial score (nSPS) is 10.0. The van der Waals surface area contributed by atoms with Crippen molar-refractivity contribution in [3.05, 3.63) is 29.8 Å². The summed E-state index contributed by atoms with van der Waals surface area (Å²) in [5.41, 5.74) is 6.27. The molecule has 0 radical (unpaired) electrons. The molecule has 6 heteroatoms. The van der Waals surface area contributed by atoms with Gasteiger partial charge in [0.25, 0.3) is 5.91 Å². The van der Waals surface area contributed by atoms with Gasteiger partial charge in [0.1, 0.15) is 5.75 Å². The monoisotopic (exact) mass is 295 g/mol. The average molecular weight is 295 g/mol. The molecule has 0 heterocycles. The highest BCUT2D eigenvalue weighted by atomic mass is 32.1. The molecule has 0 aliphatic rings. The molecule has 0 fully saturated rings. The molecule has 0 atom stereocenters. The highest BCUT2D eigenvalue weighted by Crippen LogP contribution is 2.18. The average Bonchev–Trinajstić information content (AvgIpc) is 2.43. The van der Waals surface area contributed by atoms with Crippen LogP contribution in [0.15, 0.2) is 24.3 Å². The first-order valence-corrected chi connectivity index (χ1v) is 6.99. The zero-order chi connectivity index (χ0) is 15.0. The van der Waals surface area contributed by atoms with Gasteiger partial charge in [0.2, 0.25) is 0 Å². The fourth-order valence-corrected chi connectivity index (χ4v) is 1.66. The Bertz CT molecular complexity index is 446. The topological polar surface area (TPSA) is 62.4 Å². The van der Waals surface area contributed by atoms with E-state index in [4.69, 9.17) is 17.0 Å². The highest BCUT2D eigenvalue weighted by molar-refractivity contribution is 7.80. The number of carbonyl (C=O) groups is 1. The SMILES string of the molecule is CCNC(=S)NNC(=O)COc1ccc(C(C)C)cc1. The molecule has 0 saturated carbocycles. The summed E-state index contributed by atoms with van der Waals surface area (Å²) in [5, 5.41) is 3.23. The highest BCUT2D eigenvalue weighted by Gasteiger charge is 2.04. The molecule has 1 aromatic rings. The van der Waals surface area contributed by atoms with Crippen molar-refractivity contribution in [1.82, 2.24) is 16.2 Å². The van der Waals surface area contributed by atoms with Crippen LogP contribution in [0, 0.1) is 0 Å². The fourth-order valence-electron chi connectivity index (χ4n) is 1.47. The molecule has 1 aromatic carbocycles. The fraction of sp³-hybridized carbons (Fsp3) is 0.429. The van der Waals surface area contributed by atoms with Gasteiger partial charge in [-0.25, -0.2) is 0 Å². The van der Waals surface area contributed by atoms with E-state index in [1.165, 1.54) is 5.56 Å². The number of rotatable bonds is 5. The van der Waals surface area contributed by atoms with E-state index in [0.29, 0.717) is 23.3 Å². The Labute approximate surface area is 125 Å². The molecule has 5 nitrogen and oxygen atoms in total. The Morgan fingerprint density at radius 1 is 1.25 bits per heavy atom. The van der Waals surface area contributed by atoms with Crippen LogP contribution in [0.1, 0.15) is 32.3 Å². The lowest BCUT2D eigenvalue weighted by molar-refractivity contribution is -0.123. The summed E-state index contributed by atoms with van der Waals surface area (Å²) in [4.78, 5) is 11.5. The molecule has 3 N–H and O–H groups in total. The maximum Gasteiger partial charge on any atom is 0.276 e. The van der Waals surface area contributed by atoms with E-state index in [9.17, 15) is 4.79 Å². The lowest BCUT2D eigenvalue weighted by Gasteiger charge is -2.11. The molecule has 110 valence electrons. The molecule has 0 unspecified atom stereocenters. The van der Waals surface area contributed by atoms with Crippen molar-refractivity contribution >= 4 is 23.2 Å². The summed E-state index contributed by atoms with van der Waals surface area (Å²) in [6.07, 6.45) is 0. The van der Waals surface area contributed by atoms with Crippen molar-refractivity contribution in [2.75, 3.05) is 13.2 Å². The molecule has 0 bridgehead atoms. The third-order valence-electron chi connectivity index (χ3n) is 2.57. The van der Waals surface area contributed by atoms with Crippen LogP contribution in [0.2, 0.25) is 0 Å². The lowest BCUT2D eigenvalue weighted by atomic mass is 10.0. The number of hydrogen-bond acceptors (Lipinski definition) is 3. The van der Waals surface area contributed by atoms with Gasteiger partial charge in [0.15, 0.2) is 11.7 Å². The molecule has 0 aliphatic heterocycles. The van der Waals surface area contributed by atoms with E-state index in [0.717, 1.165) is 0 Å². The second kappa shape index (κ2) is 8.37. The minimum atomic E-state index is -0.293. The molecular formula is C14H21N3O2S. The van der Waals surface area contributed by atoms with Crippen molar-refractivity contribution in [3.8, 4) is 5.75 Å². The number of benzene rings is 1. The summed E-state index contributed by atoms with van der Waals surface area (Å²) in [6.45, 7) is 6.80. The number of ether oxygens (including phenoxy) is 1. The van der Waals surface area contributed by atoms with E-state index in [1.54, 1.807) is 0 Å². The van der Waals surface area contributed by atoms with Crippen molar-refractivity contribution in [2.45, 2.75) is 26.7 Å².